The maximum atomic E-state index is 2.47. The molecule has 1 aromatic heterocycles. The summed E-state index contributed by atoms with van der Waals surface area (Å²) in [7, 11) is 0. The normalized spacial score (nSPS) is 12.2. The fraction of sp³-hybridized carbons (Fsp3) is 0.0118. The SMILES string of the molecule is c1ccc(-c2ccc3c(c2)c2cc(-c4ccccc4)ccc2n3-c2ccc(-c3ccc(-c4ccc(N(c5ccc6c(c5)C(c5ccccc5)(c5ccccc5)c5ccccc5-6)c5ccccc5-c5ccccc5-c5ccccc5)cc4)cc3)cc2)cc1. The van der Waals surface area contributed by atoms with Gasteiger partial charge in [-0.25, -0.2) is 0 Å². The van der Waals surface area contributed by atoms with Gasteiger partial charge in [-0.2, -0.15) is 0 Å². The molecule has 0 radical (unpaired) electrons. The van der Waals surface area contributed by atoms with Gasteiger partial charge in [0.2, 0.25) is 0 Å². The smallest absolute Gasteiger partial charge is 0.0714 e. The van der Waals surface area contributed by atoms with Crippen molar-refractivity contribution in [2.24, 2.45) is 0 Å². The average molecular weight is 1110 g/mol. The molecule has 0 amide bonds. The van der Waals surface area contributed by atoms with Crippen molar-refractivity contribution in [1.29, 1.82) is 0 Å². The van der Waals surface area contributed by atoms with Gasteiger partial charge in [-0.15, -0.1) is 0 Å². The standard InChI is InChI=1S/C85H58N2/c1-6-22-59(23-7-1)66-46-54-83-78(56-66)79-57-67(60-24-8-2-9-25-60)47-55-84(79)87(83)71-50-44-64(45-51-71)62-40-38-61(39-41-62)63-42-48-70(49-43-63)86(82-37-21-19-35-77(82)74-33-17-16-32-73(74)65-26-10-3-11-27-65)72-52-53-76-75-34-18-20-36-80(75)85(81(76)58-72,68-28-12-4-13-29-68)69-30-14-5-15-31-69/h1-58H. The lowest BCUT2D eigenvalue weighted by molar-refractivity contribution is 0.768. The molecule has 0 saturated heterocycles. The van der Waals surface area contributed by atoms with Crippen LogP contribution in [0.25, 0.3) is 105 Å². The van der Waals surface area contributed by atoms with Crippen LogP contribution >= 0.6 is 0 Å². The monoisotopic (exact) mass is 1110 g/mol. The van der Waals surface area contributed by atoms with Crippen LogP contribution < -0.4 is 4.90 Å². The Bertz CT molecular complexity index is 4840. The van der Waals surface area contributed by atoms with Crippen LogP contribution in [0.5, 0.6) is 0 Å². The summed E-state index contributed by atoms with van der Waals surface area (Å²) in [5.41, 5.74) is 27.9. The van der Waals surface area contributed by atoms with E-state index in [9.17, 15) is 0 Å². The zero-order valence-corrected chi connectivity index (χ0v) is 47.9. The Labute approximate surface area is 508 Å². The van der Waals surface area contributed by atoms with Crippen molar-refractivity contribution >= 4 is 38.9 Å². The number of rotatable bonds is 12. The first-order chi connectivity index (χ1) is 43.2. The third-order valence-electron chi connectivity index (χ3n) is 17.9. The van der Waals surface area contributed by atoms with E-state index in [1.807, 2.05) is 0 Å². The van der Waals surface area contributed by atoms with Crippen molar-refractivity contribution in [3.05, 3.63) is 374 Å². The molecule has 16 rings (SSSR count). The average Bonchev–Trinajstić information content (AvgIpc) is 1.60. The minimum Gasteiger partial charge on any atom is -0.310 e. The Balaban J connectivity index is 0.770. The van der Waals surface area contributed by atoms with Gasteiger partial charge in [0.25, 0.3) is 0 Å². The summed E-state index contributed by atoms with van der Waals surface area (Å²) in [6.45, 7) is 0. The molecule has 0 saturated carbocycles. The molecular weight excluding hydrogens is 1050 g/mol. The van der Waals surface area contributed by atoms with E-state index < -0.39 is 5.41 Å². The number of benzene rings is 14. The Kier molecular flexibility index (Phi) is 12.8. The molecule has 14 aromatic carbocycles. The predicted octanol–water partition coefficient (Wildman–Crippen LogP) is 22.6. The first kappa shape index (κ1) is 51.3. The highest BCUT2D eigenvalue weighted by Gasteiger charge is 2.46. The molecule has 0 atom stereocenters. The van der Waals surface area contributed by atoms with Gasteiger partial charge in [0.05, 0.1) is 22.1 Å². The lowest BCUT2D eigenvalue weighted by atomic mass is 9.67. The number of hydrogen-bond donors (Lipinski definition) is 0. The minimum absolute atomic E-state index is 0.554. The summed E-state index contributed by atoms with van der Waals surface area (Å²) >= 11 is 0. The minimum atomic E-state index is -0.554. The lowest BCUT2D eigenvalue weighted by Crippen LogP contribution is -2.28. The molecule has 0 N–H and O–H groups in total. The molecule has 1 aliphatic rings. The van der Waals surface area contributed by atoms with Crippen molar-refractivity contribution in [2.45, 2.75) is 5.41 Å². The van der Waals surface area contributed by atoms with Crippen molar-refractivity contribution in [3.63, 3.8) is 0 Å². The maximum Gasteiger partial charge on any atom is 0.0714 e. The molecule has 408 valence electrons. The van der Waals surface area contributed by atoms with Crippen LogP contribution in [0.1, 0.15) is 22.3 Å². The largest absolute Gasteiger partial charge is 0.310 e. The van der Waals surface area contributed by atoms with Crippen LogP contribution in [0.2, 0.25) is 0 Å². The number of aromatic nitrogens is 1. The second-order valence-corrected chi connectivity index (χ2v) is 22.7. The van der Waals surface area contributed by atoms with Gasteiger partial charge in [0, 0.05) is 33.4 Å². The second-order valence-electron chi connectivity index (χ2n) is 22.7. The lowest BCUT2D eigenvalue weighted by Gasteiger charge is -2.35. The van der Waals surface area contributed by atoms with E-state index in [4.69, 9.17) is 0 Å². The molecule has 0 unspecified atom stereocenters. The Morgan fingerprint density at radius 2 is 0.609 bits per heavy atom. The zero-order chi connectivity index (χ0) is 57.7. The summed E-state index contributed by atoms with van der Waals surface area (Å²) in [5.74, 6) is 0. The molecule has 0 bridgehead atoms. The van der Waals surface area contributed by atoms with E-state index >= 15 is 0 Å². The summed E-state index contributed by atoms with van der Waals surface area (Å²) in [5, 5.41) is 2.48. The zero-order valence-electron chi connectivity index (χ0n) is 47.9. The van der Waals surface area contributed by atoms with Gasteiger partial charge < -0.3 is 9.47 Å². The van der Waals surface area contributed by atoms with E-state index in [0.717, 1.165) is 39.4 Å². The quantitative estimate of drug-likeness (QED) is 0.118. The van der Waals surface area contributed by atoms with Crippen molar-refractivity contribution in [3.8, 4) is 83.6 Å². The molecular formula is C85H58N2. The maximum absolute atomic E-state index is 2.47. The topological polar surface area (TPSA) is 8.17 Å². The first-order valence-electron chi connectivity index (χ1n) is 30.1. The van der Waals surface area contributed by atoms with Crippen LogP contribution in [0.4, 0.5) is 17.1 Å². The fourth-order valence-electron chi connectivity index (χ4n) is 13.9. The van der Waals surface area contributed by atoms with E-state index in [0.29, 0.717) is 0 Å². The van der Waals surface area contributed by atoms with Crippen molar-refractivity contribution < 1.29 is 0 Å². The number of para-hydroxylation sites is 1. The summed E-state index contributed by atoms with van der Waals surface area (Å²) < 4.78 is 2.42. The molecule has 2 nitrogen and oxygen atoms in total. The van der Waals surface area contributed by atoms with Gasteiger partial charge in [-0.1, -0.05) is 285 Å². The summed E-state index contributed by atoms with van der Waals surface area (Å²) in [4.78, 5) is 2.47. The van der Waals surface area contributed by atoms with Gasteiger partial charge in [0.15, 0.2) is 0 Å². The number of hydrogen-bond acceptors (Lipinski definition) is 1. The third-order valence-corrected chi connectivity index (χ3v) is 17.9. The van der Waals surface area contributed by atoms with Crippen LogP contribution in [0, 0.1) is 0 Å². The third kappa shape index (κ3) is 8.89. The molecule has 1 heterocycles. The van der Waals surface area contributed by atoms with E-state index in [1.54, 1.807) is 0 Å². The molecule has 1 aliphatic carbocycles. The fourth-order valence-corrected chi connectivity index (χ4v) is 13.9. The van der Waals surface area contributed by atoms with Gasteiger partial charge in [0.1, 0.15) is 0 Å². The van der Waals surface area contributed by atoms with Gasteiger partial charge in [-0.3, -0.25) is 0 Å². The van der Waals surface area contributed by atoms with Gasteiger partial charge in [-0.05, 0) is 161 Å². The highest BCUT2D eigenvalue weighted by Crippen LogP contribution is 2.58. The molecule has 0 aliphatic heterocycles. The predicted molar refractivity (Wildman–Crippen MR) is 365 cm³/mol. The molecule has 0 fully saturated rings. The number of fused-ring (bicyclic) bond motifs is 6. The second kappa shape index (κ2) is 21.7. The van der Waals surface area contributed by atoms with Crippen LogP contribution in [-0.2, 0) is 5.41 Å². The molecule has 15 aromatic rings. The highest BCUT2D eigenvalue weighted by atomic mass is 15.1. The Morgan fingerprint density at radius 3 is 1.15 bits per heavy atom. The summed E-state index contributed by atoms with van der Waals surface area (Å²) in [6, 6.07) is 129. The van der Waals surface area contributed by atoms with Crippen molar-refractivity contribution in [1.82, 2.24) is 4.57 Å². The molecule has 0 spiro atoms. The first-order valence-corrected chi connectivity index (χ1v) is 30.1. The number of nitrogens with zero attached hydrogens (tertiary/aromatic N) is 2. The molecule has 87 heavy (non-hydrogen) atoms. The van der Waals surface area contributed by atoms with Gasteiger partial charge >= 0.3 is 0 Å². The van der Waals surface area contributed by atoms with E-state index in [-0.39, 0.29) is 0 Å². The number of anilines is 3. The van der Waals surface area contributed by atoms with Crippen LogP contribution in [0.15, 0.2) is 352 Å². The summed E-state index contributed by atoms with van der Waals surface area (Å²) in [6.07, 6.45) is 0. The Hall–Kier alpha value is -11.3. The molecule has 2 heteroatoms. The van der Waals surface area contributed by atoms with Crippen molar-refractivity contribution in [2.75, 3.05) is 4.90 Å². The van der Waals surface area contributed by atoms with E-state index in [2.05, 4.69) is 361 Å². The Morgan fingerprint density at radius 1 is 0.230 bits per heavy atom. The van der Waals surface area contributed by atoms with E-state index in [1.165, 1.54) is 105 Å². The van der Waals surface area contributed by atoms with Crippen LogP contribution in [-0.4, -0.2) is 4.57 Å². The van der Waals surface area contributed by atoms with Crippen LogP contribution in [0.3, 0.4) is 0 Å². The highest BCUT2D eigenvalue weighted by molar-refractivity contribution is 6.12.